The second-order valence-electron chi connectivity index (χ2n) is 4.94. The first-order valence-corrected chi connectivity index (χ1v) is 8.42. The summed E-state index contributed by atoms with van der Waals surface area (Å²) in [5.41, 5.74) is 2.01. The normalized spacial score (nSPS) is 12.3. The molecule has 22 heavy (non-hydrogen) atoms. The van der Waals surface area contributed by atoms with E-state index in [9.17, 15) is 4.79 Å². The Hall–Kier alpha value is -2.31. The molecule has 0 atom stereocenters. The van der Waals surface area contributed by atoms with E-state index in [2.05, 4.69) is 10.2 Å². The van der Waals surface area contributed by atoms with E-state index in [1.807, 2.05) is 54.8 Å². The van der Waals surface area contributed by atoms with Crippen LogP contribution in [0, 0.1) is 6.92 Å². The number of thiazole rings is 1. The zero-order valence-electron chi connectivity index (χ0n) is 11.7. The Morgan fingerprint density at radius 3 is 2.68 bits per heavy atom. The lowest BCUT2D eigenvalue weighted by Crippen LogP contribution is -2.23. The number of fused-ring (bicyclic) bond motifs is 1. The van der Waals surface area contributed by atoms with Crippen molar-refractivity contribution in [1.82, 2.24) is 14.6 Å². The van der Waals surface area contributed by atoms with Crippen molar-refractivity contribution < 1.29 is 0 Å². The lowest BCUT2D eigenvalue weighted by atomic mass is 10.1. The molecule has 3 aromatic heterocycles. The van der Waals surface area contributed by atoms with Crippen molar-refractivity contribution in [2.75, 3.05) is 0 Å². The molecule has 0 radical (unpaired) electrons. The first-order valence-electron chi connectivity index (χ1n) is 6.72. The van der Waals surface area contributed by atoms with Gasteiger partial charge in [-0.2, -0.15) is 0 Å². The van der Waals surface area contributed by atoms with Crippen LogP contribution in [0.3, 0.4) is 0 Å². The van der Waals surface area contributed by atoms with Gasteiger partial charge < -0.3 is 0 Å². The predicted octanol–water partition coefficient (Wildman–Crippen LogP) is 2.74. The van der Waals surface area contributed by atoms with Gasteiger partial charge in [-0.05, 0) is 24.4 Å². The third kappa shape index (κ3) is 2.17. The predicted molar refractivity (Wildman–Crippen MR) is 90.4 cm³/mol. The van der Waals surface area contributed by atoms with Crippen LogP contribution in [0.15, 0.2) is 46.6 Å². The summed E-state index contributed by atoms with van der Waals surface area (Å²) in [6.07, 6.45) is 1.91. The van der Waals surface area contributed by atoms with Crippen LogP contribution in [-0.4, -0.2) is 14.6 Å². The van der Waals surface area contributed by atoms with Gasteiger partial charge in [0.15, 0.2) is 5.82 Å². The van der Waals surface area contributed by atoms with E-state index < -0.39 is 0 Å². The molecule has 3 heterocycles. The van der Waals surface area contributed by atoms with Gasteiger partial charge in [-0.15, -0.1) is 21.5 Å². The molecule has 0 unspecified atom stereocenters. The summed E-state index contributed by atoms with van der Waals surface area (Å²) in [6.45, 7) is 2.03. The molecule has 0 saturated carbocycles. The molecule has 1 aromatic carbocycles. The highest BCUT2D eigenvalue weighted by atomic mass is 32.1. The van der Waals surface area contributed by atoms with E-state index in [1.54, 1.807) is 15.7 Å². The third-order valence-electron chi connectivity index (χ3n) is 3.37. The maximum atomic E-state index is 12.6. The quantitative estimate of drug-likeness (QED) is 0.569. The fourth-order valence-electron chi connectivity index (χ4n) is 2.25. The molecule has 0 saturated heterocycles. The van der Waals surface area contributed by atoms with Crippen LogP contribution in [0.25, 0.3) is 22.4 Å². The van der Waals surface area contributed by atoms with Gasteiger partial charge in [0.1, 0.15) is 0 Å². The van der Waals surface area contributed by atoms with E-state index >= 15 is 0 Å². The maximum absolute atomic E-state index is 12.6. The molecule has 4 aromatic rings. The van der Waals surface area contributed by atoms with Gasteiger partial charge in [-0.3, -0.25) is 4.79 Å². The zero-order valence-corrected chi connectivity index (χ0v) is 13.3. The highest BCUT2D eigenvalue weighted by Crippen LogP contribution is 2.18. The molecule has 0 amide bonds. The molecular weight excluding hydrogens is 314 g/mol. The van der Waals surface area contributed by atoms with Crippen molar-refractivity contribution in [3.05, 3.63) is 67.1 Å². The molecule has 0 fully saturated rings. The highest BCUT2D eigenvalue weighted by Gasteiger charge is 2.13. The van der Waals surface area contributed by atoms with Crippen molar-refractivity contribution in [1.29, 1.82) is 0 Å². The topological polar surface area (TPSA) is 47.3 Å². The molecule has 0 N–H and O–H groups in total. The SMILES string of the molecule is Cc1ccc(-c2nnc3sc(=Cc4cccs4)c(=O)n23)cc1. The van der Waals surface area contributed by atoms with Crippen molar-refractivity contribution in [2.45, 2.75) is 6.92 Å². The van der Waals surface area contributed by atoms with E-state index in [4.69, 9.17) is 0 Å². The molecule has 0 aliphatic carbocycles. The third-order valence-corrected chi connectivity index (χ3v) is 5.15. The Morgan fingerprint density at radius 2 is 1.95 bits per heavy atom. The fraction of sp³-hybridized carbons (Fsp3) is 0.0625. The lowest BCUT2D eigenvalue weighted by molar-refractivity contribution is 1.09. The average Bonchev–Trinajstić information content (AvgIpc) is 3.21. The first kappa shape index (κ1) is 13.4. The summed E-state index contributed by atoms with van der Waals surface area (Å²) >= 11 is 2.98. The molecular formula is C16H11N3OS2. The van der Waals surface area contributed by atoms with Crippen molar-refractivity contribution >= 4 is 33.7 Å². The van der Waals surface area contributed by atoms with Crippen molar-refractivity contribution in [3.63, 3.8) is 0 Å². The van der Waals surface area contributed by atoms with E-state index in [0.717, 1.165) is 10.4 Å². The van der Waals surface area contributed by atoms with Crippen LogP contribution in [0.5, 0.6) is 0 Å². The first-order chi connectivity index (χ1) is 10.7. The molecule has 0 aliphatic rings. The Morgan fingerprint density at radius 1 is 1.14 bits per heavy atom. The van der Waals surface area contributed by atoms with E-state index in [0.29, 0.717) is 15.3 Å². The standard InChI is InChI=1S/C16H11N3OS2/c1-10-4-6-11(7-5-10)14-17-18-16-19(14)15(20)13(22-16)9-12-3-2-8-21-12/h2-9H,1H3. The second kappa shape index (κ2) is 5.15. The number of rotatable bonds is 2. The van der Waals surface area contributed by atoms with Crippen LogP contribution in [-0.2, 0) is 0 Å². The van der Waals surface area contributed by atoms with Gasteiger partial charge in [0.25, 0.3) is 5.56 Å². The van der Waals surface area contributed by atoms with Crippen LogP contribution in [0.4, 0.5) is 0 Å². The molecule has 108 valence electrons. The minimum Gasteiger partial charge on any atom is -0.267 e. The Balaban J connectivity index is 1.94. The molecule has 0 aliphatic heterocycles. The number of hydrogen-bond donors (Lipinski definition) is 0. The monoisotopic (exact) mass is 325 g/mol. The minimum atomic E-state index is -0.0611. The summed E-state index contributed by atoms with van der Waals surface area (Å²) in [5.74, 6) is 0.599. The molecule has 0 spiro atoms. The molecule has 4 rings (SSSR count). The van der Waals surface area contributed by atoms with E-state index in [1.165, 1.54) is 16.9 Å². The van der Waals surface area contributed by atoms with E-state index in [-0.39, 0.29) is 5.56 Å². The Kier molecular flexibility index (Phi) is 3.13. The second-order valence-corrected chi connectivity index (χ2v) is 6.93. The van der Waals surface area contributed by atoms with Crippen LogP contribution in [0.2, 0.25) is 0 Å². The number of nitrogens with zero attached hydrogens (tertiary/aromatic N) is 3. The highest BCUT2D eigenvalue weighted by molar-refractivity contribution is 7.15. The number of aromatic nitrogens is 3. The fourth-order valence-corrected chi connectivity index (χ4v) is 3.89. The molecule has 4 nitrogen and oxygen atoms in total. The number of aryl methyl sites for hydroxylation is 1. The average molecular weight is 325 g/mol. The lowest BCUT2D eigenvalue weighted by Gasteiger charge is -1.97. The van der Waals surface area contributed by atoms with Gasteiger partial charge in [0.2, 0.25) is 4.96 Å². The van der Waals surface area contributed by atoms with Gasteiger partial charge >= 0.3 is 0 Å². The maximum Gasteiger partial charge on any atom is 0.276 e. The Labute approximate surface area is 134 Å². The van der Waals surface area contributed by atoms with Crippen molar-refractivity contribution in [2.24, 2.45) is 0 Å². The smallest absolute Gasteiger partial charge is 0.267 e. The number of benzene rings is 1. The van der Waals surface area contributed by atoms with Crippen molar-refractivity contribution in [3.8, 4) is 11.4 Å². The number of thiophene rings is 1. The van der Waals surface area contributed by atoms with Gasteiger partial charge in [0, 0.05) is 10.4 Å². The minimum absolute atomic E-state index is 0.0611. The van der Waals surface area contributed by atoms with Gasteiger partial charge in [0.05, 0.1) is 4.53 Å². The summed E-state index contributed by atoms with van der Waals surface area (Å²) in [4.78, 5) is 14.3. The molecule has 6 heteroatoms. The van der Waals surface area contributed by atoms with Crippen LogP contribution < -0.4 is 10.1 Å². The Bertz CT molecular complexity index is 1040. The zero-order chi connectivity index (χ0) is 15.1. The summed E-state index contributed by atoms with van der Waals surface area (Å²) < 4.78 is 2.27. The van der Waals surface area contributed by atoms with Crippen LogP contribution >= 0.6 is 22.7 Å². The summed E-state index contributed by atoms with van der Waals surface area (Å²) in [7, 11) is 0. The summed E-state index contributed by atoms with van der Waals surface area (Å²) in [5, 5.41) is 10.3. The number of hydrogen-bond acceptors (Lipinski definition) is 5. The van der Waals surface area contributed by atoms with Gasteiger partial charge in [-0.25, -0.2) is 4.40 Å². The van der Waals surface area contributed by atoms with Gasteiger partial charge in [-0.1, -0.05) is 47.2 Å². The summed E-state index contributed by atoms with van der Waals surface area (Å²) in [6, 6.07) is 11.9. The molecule has 0 bridgehead atoms. The van der Waals surface area contributed by atoms with Crippen LogP contribution in [0.1, 0.15) is 10.4 Å². The largest absolute Gasteiger partial charge is 0.276 e.